The second kappa shape index (κ2) is 11.0. The number of rotatable bonds is 8. The molecule has 0 aliphatic heterocycles. The second-order valence-electron chi connectivity index (χ2n) is 8.96. The molecule has 0 aromatic heterocycles. The Balaban J connectivity index is 1.61. The van der Waals surface area contributed by atoms with Gasteiger partial charge in [-0.15, -0.1) is 0 Å². The maximum absolute atomic E-state index is 6.11. The van der Waals surface area contributed by atoms with Gasteiger partial charge in [-0.05, 0) is 53.1 Å². The summed E-state index contributed by atoms with van der Waals surface area (Å²) in [7, 11) is 0. The van der Waals surface area contributed by atoms with Crippen molar-refractivity contribution < 1.29 is 4.74 Å². The van der Waals surface area contributed by atoms with E-state index in [9.17, 15) is 0 Å². The maximum Gasteiger partial charge on any atom is 0.193 e. The number of nitrogens with one attached hydrogen (secondary N) is 1. The Morgan fingerprint density at radius 2 is 1.62 bits per heavy atom. The minimum absolute atomic E-state index is 0.0625. The third-order valence-electron chi connectivity index (χ3n) is 5.40. The van der Waals surface area contributed by atoms with Gasteiger partial charge in [0.2, 0.25) is 0 Å². The topological polar surface area (TPSA) is 59.6 Å². The quantitative estimate of drug-likeness (QED) is 0.337. The van der Waals surface area contributed by atoms with Crippen LogP contribution in [0.25, 0.3) is 0 Å². The standard InChI is InChI=1S/C28H35N3O/c1-5-32-26(22-11-7-6-8-12-22)23-13-9-10-21(20-23)18-19-30-27(29)31-25-16-14-24(15-17-25)28(2,3)4/h6-17,20,26H,5,18-19H2,1-4H3,(H3,29,30,31). The Morgan fingerprint density at radius 1 is 0.938 bits per heavy atom. The zero-order chi connectivity index (χ0) is 23.0. The van der Waals surface area contributed by atoms with Crippen LogP contribution in [0.1, 0.15) is 56.1 Å². The van der Waals surface area contributed by atoms with Crippen LogP contribution in [0.5, 0.6) is 0 Å². The molecule has 0 bridgehead atoms. The molecule has 0 heterocycles. The Bertz CT molecular complexity index is 1000. The average molecular weight is 430 g/mol. The van der Waals surface area contributed by atoms with E-state index in [1.165, 1.54) is 11.1 Å². The summed E-state index contributed by atoms with van der Waals surface area (Å²) in [6.07, 6.45) is 0.750. The number of ether oxygens (including phenoxy) is 1. The highest BCUT2D eigenvalue weighted by Crippen LogP contribution is 2.27. The highest BCUT2D eigenvalue weighted by molar-refractivity contribution is 5.92. The number of nitrogens with two attached hydrogens (primary N) is 1. The summed E-state index contributed by atoms with van der Waals surface area (Å²) in [5.41, 5.74) is 12.0. The first-order chi connectivity index (χ1) is 15.4. The highest BCUT2D eigenvalue weighted by atomic mass is 16.5. The zero-order valence-electron chi connectivity index (χ0n) is 19.6. The molecule has 3 N–H and O–H groups in total. The van der Waals surface area contributed by atoms with E-state index in [1.807, 2.05) is 37.3 Å². The fourth-order valence-electron chi connectivity index (χ4n) is 3.64. The lowest BCUT2D eigenvalue weighted by Gasteiger charge is -2.19. The van der Waals surface area contributed by atoms with Crippen molar-refractivity contribution in [3.05, 3.63) is 101 Å². The zero-order valence-corrected chi connectivity index (χ0v) is 19.6. The maximum atomic E-state index is 6.11. The van der Waals surface area contributed by atoms with Crippen molar-refractivity contribution in [1.82, 2.24) is 0 Å². The van der Waals surface area contributed by atoms with E-state index in [0.29, 0.717) is 19.1 Å². The number of nitrogens with zero attached hydrogens (tertiary/aromatic N) is 1. The summed E-state index contributed by atoms with van der Waals surface area (Å²) in [6.45, 7) is 9.92. The van der Waals surface area contributed by atoms with Gasteiger partial charge in [-0.25, -0.2) is 0 Å². The Hall–Kier alpha value is -3.11. The number of guanidine groups is 1. The van der Waals surface area contributed by atoms with Gasteiger partial charge in [0.15, 0.2) is 5.96 Å². The molecule has 0 spiro atoms. The molecule has 0 amide bonds. The van der Waals surface area contributed by atoms with Gasteiger partial charge in [0, 0.05) is 18.8 Å². The molecule has 0 radical (unpaired) electrons. The van der Waals surface area contributed by atoms with Crippen molar-refractivity contribution in [2.45, 2.75) is 45.6 Å². The third-order valence-corrected chi connectivity index (χ3v) is 5.40. The van der Waals surface area contributed by atoms with Gasteiger partial charge >= 0.3 is 0 Å². The van der Waals surface area contributed by atoms with Crippen LogP contribution < -0.4 is 11.1 Å². The monoisotopic (exact) mass is 429 g/mol. The second-order valence-corrected chi connectivity index (χ2v) is 8.96. The molecular weight excluding hydrogens is 394 g/mol. The van der Waals surface area contributed by atoms with Crippen molar-refractivity contribution in [1.29, 1.82) is 0 Å². The highest BCUT2D eigenvalue weighted by Gasteiger charge is 2.14. The lowest BCUT2D eigenvalue weighted by Crippen LogP contribution is -2.23. The minimum atomic E-state index is -0.0625. The number of hydrogen-bond donors (Lipinski definition) is 2. The van der Waals surface area contributed by atoms with Crippen molar-refractivity contribution in [3.8, 4) is 0 Å². The van der Waals surface area contributed by atoms with Crippen molar-refractivity contribution in [3.63, 3.8) is 0 Å². The van der Waals surface area contributed by atoms with E-state index >= 15 is 0 Å². The Labute approximate surface area is 192 Å². The summed E-state index contributed by atoms with van der Waals surface area (Å²) >= 11 is 0. The van der Waals surface area contributed by atoms with Gasteiger partial charge in [-0.1, -0.05) is 87.5 Å². The summed E-state index contributed by atoms with van der Waals surface area (Å²) in [4.78, 5) is 4.51. The summed E-state index contributed by atoms with van der Waals surface area (Å²) in [5, 5.41) is 3.18. The van der Waals surface area contributed by atoms with E-state index in [2.05, 4.69) is 79.6 Å². The summed E-state index contributed by atoms with van der Waals surface area (Å²) in [5.74, 6) is 0.432. The molecule has 168 valence electrons. The predicted octanol–water partition coefficient (Wildman–Crippen LogP) is 6.08. The summed E-state index contributed by atoms with van der Waals surface area (Å²) in [6, 6.07) is 27.2. The van der Waals surface area contributed by atoms with Crippen LogP contribution in [0.4, 0.5) is 5.69 Å². The molecule has 32 heavy (non-hydrogen) atoms. The van der Waals surface area contributed by atoms with Crippen LogP contribution in [0.2, 0.25) is 0 Å². The molecule has 3 aromatic rings. The molecule has 0 aliphatic carbocycles. The lowest BCUT2D eigenvalue weighted by molar-refractivity contribution is 0.0913. The molecule has 3 rings (SSSR count). The third kappa shape index (κ3) is 6.69. The molecule has 1 atom stereocenters. The van der Waals surface area contributed by atoms with Crippen molar-refractivity contribution in [2.75, 3.05) is 18.5 Å². The van der Waals surface area contributed by atoms with Crippen LogP contribution in [0.3, 0.4) is 0 Å². The Kier molecular flexibility index (Phi) is 8.07. The van der Waals surface area contributed by atoms with E-state index in [0.717, 1.165) is 23.2 Å². The van der Waals surface area contributed by atoms with Crippen LogP contribution in [-0.2, 0) is 16.6 Å². The van der Waals surface area contributed by atoms with Crippen molar-refractivity contribution >= 4 is 11.6 Å². The summed E-state index contributed by atoms with van der Waals surface area (Å²) < 4.78 is 6.05. The molecule has 0 saturated heterocycles. The molecule has 0 saturated carbocycles. The SMILES string of the molecule is CCOC(c1ccccc1)c1cccc(CCN=C(N)Nc2ccc(C(C)(C)C)cc2)c1. The van der Waals surface area contributed by atoms with Gasteiger partial charge in [-0.3, -0.25) is 4.99 Å². The average Bonchev–Trinajstić information content (AvgIpc) is 2.78. The first kappa shape index (κ1) is 23.6. The molecule has 4 nitrogen and oxygen atoms in total. The minimum Gasteiger partial charge on any atom is -0.370 e. The van der Waals surface area contributed by atoms with Gasteiger partial charge in [0.05, 0.1) is 0 Å². The number of anilines is 1. The van der Waals surface area contributed by atoms with E-state index in [-0.39, 0.29) is 11.5 Å². The normalized spacial score (nSPS) is 13.1. The fourth-order valence-corrected chi connectivity index (χ4v) is 3.64. The first-order valence-corrected chi connectivity index (χ1v) is 11.3. The van der Waals surface area contributed by atoms with Crippen molar-refractivity contribution in [2.24, 2.45) is 10.7 Å². The fraction of sp³-hybridized carbons (Fsp3) is 0.321. The van der Waals surface area contributed by atoms with E-state index in [4.69, 9.17) is 10.5 Å². The largest absolute Gasteiger partial charge is 0.370 e. The van der Waals surface area contributed by atoms with Gasteiger partial charge < -0.3 is 15.8 Å². The van der Waals surface area contributed by atoms with E-state index < -0.39 is 0 Å². The predicted molar refractivity (Wildman–Crippen MR) is 135 cm³/mol. The molecule has 4 heteroatoms. The first-order valence-electron chi connectivity index (χ1n) is 11.3. The van der Waals surface area contributed by atoms with Crippen LogP contribution in [0, 0.1) is 0 Å². The van der Waals surface area contributed by atoms with Gasteiger partial charge in [-0.2, -0.15) is 0 Å². The number of hydrogen-bond acceptors (Lipinski definition) is 2. The number of benzene rings is 3. The molecular formula is C28H35N3O. The molecule has 1 unspecified atom stereocenters. The molecule has 0 aliphatic rings. The Morgan fingerprint density at radius 3 is 2.28 bits per heavy atom. The van der Waals surface area contributed by atoms with E-state index in [1.54, 1.807) is 0 Å². The molecule has 3 aromatic carbocycles. The number of aliphatic imine (C=N–C) groups is 1. The smallest absolute Gasteiger partial charge is 0.193 e. The molecule has 0 fully saturated rings. The van der Waals surface area contributed by atoms with Gasteiger partial charge in [0.1, 0.15) is 6.10 Å². The van der Waals surface area contributed by atoms with Gasteiger partial charge in [0.25, 0.3) is 0 Å². The van der Waals surface area contributed by atoms with Crippen LogP contribution in [-0.4, -0.2) is 19.1 Å². The lowest BCUT2D eigenvalue weighted by atomic mass is 9.87. The van der Waals surface area contributed by atoms with Crippen LogP contribution >= 0.6 is 0 Å². The van der Waals surface area contributed by atoms with Crippen LogP contribution in [0.15, 0.2) is 83.9 Å².